The summed E-state index contributed by atoms with van der Waals surface area (Å²) in [7, 11) is 1.29. The number of amides is 4. The maximum atomic E-state index is 13.3. The van der Waals surface area contributed by atoms with Crippen LogP contribution >= 0.6 is 0 Å². The lowest BCUT2D eigenvalue weighted by Crippen LogP contribution is -2.48. The molecule has 3 fully saturated rings. The first-order valence-corrected chi connectivity index (χ1v) is 22.0. The minimum absolute atomic E-state index is 0.0531. The number of benzene rings is 3. The molecule has 3 aromatic carbocycles. The third-order valence-electron chi connectivity index (χ3n) is 11.8. The predicted molar refractivity (Wildman–Crippen MR) is 241 cm³/mol. The van der Waals surface area contributed by atoms with Gasteiger partial charge >= 0.3 is 24.1 Å². The van der Waals surface area contributed by atoms with Crippen LogP contribution in [0.4, 0.5) is 29.7 Å². The number of aromatic nitrogens is 4. The zero-order chi connectivity index (χ0) is 49.4. The molecule has 2 aromatic heterocycles. The molecule has 0 aliphatic carbocycles. The van der Waals surface area contributed by atoms with Gasteiger partial charge in [0.15, 0.2) is 29.3 Å². The van der Waals surface area contributed by atoms with Gasteiger partial charge in [-0.25, -0.2) is 19.4 Å². The van der Waals surface area contributed by atoms with Crippen molar-refractivity contribution in [2.75, 3.05) is 56.6 Å². The molecule has 0 radical (unpaired) electrons. The summed E-state index contributed by atoms with van der Waals surface area (Å²) in [5, 5.41) is 41.4. The van der Waals surface area contributed by atoms with Crippen LogP contribution in [0.3, 0.4) is 0 Å². The van der Waals surface area contributed by atoms with Gasteiger partial charge in [-0.2, -0.15) is 23.1 Å². The zero-order valence-electron chi connectivity index (χ0n) is 37.4. The summed E-state index contributed by atoms with van der Waals surface area (Å²) in [6, 6.07) is 25.8. The van der Waals surface area contributed by atoms with E-state index in [1.54, 1.807) is 30.0 Å². The molecule has 5 aromatic rings. The largest absolute Gasteiger partial charge is 0.490 e. The number of likely N-dealkylation sites (N-methyl/N-ethyl adjacent to an activating group) is 1. The first-order valence-electron chi connectivity index (χ1n) is 22.0. The van der Waals surface area contributed by atoms with Crippen molar-refractivity contribution in [2.24, 2.45) is 0 Å². The summed E-state index contributed by atoms with van der Waals surface area (Å²) in [6.45, 7) is 4.18. The van der Waals surface area contributed by atoms with Crippen molar-refractivity contribution in [1.82, 2.24) is 40.4 Å². The highest BCUT2D eigenvalue weighted by Crippen LogP contribution is 2.35. The van der Waals surface area contributed by atoms with Crippen molar-refractivity contribution in [3.63, 3.8) is 0 Å². The van der Waals surface area contributed by atoms with Gasteiger partial charge in [0.05, 0.1) is 19.0 Å². The van der Waals surface area contributed by atoms with Gasteiger partial charge in [0, 0.05) is 62.8 Å². The molecule has 8 rings (SSSR count). The Hall–Kier alpha value is -7.37. The Balaban J connectivity index is 0.000000933. The lowest BCUT2D eigenvalue weighted by Gasteiger charge is -2.22. The second-order valence-corrected chi connectivity index (χ2v) is 16.4. The third-order valence-corrected chi connectivity index (χ3v) is 11.8. The zero-order valence-corrected chi connectivity index (χ0v) is 37.4. The van der Waals surface area contributed by atoms with E-state index >= 15 is 0 Å². The van der Waals surface area contributed by atoms with Crippen LogP contribution in [0.1, 0.15) is 63.8 Å². The van der Waals surface area contributed by atoms with Gasteiger partial charge in [-0.1, -0.05) is 66.7 Å². The smallest absolute Gasteiger partial charge is 0.475 e. The highest BCUT2D eigenvalue weighted by atomic mass is 19.4. The summed E-state index contributed by atoms with van der Waals surface area (Å²) < 4.78 is 44.0. The second kappa shape index (κ2) is 21.7. The number of urea groups is 1. The fraction of sp³-hybridized carbons (Fsp3) is 0.391. The standard InChI is InChI=1S/C44H50N10O8.C2HF3O2/c1-3-45-39(57)36-34(55)35(56)41(62-36)54-25-47-33-37(46-22-32(26-11-6-4-7-12-26)27-13-8-5-9-14-27)50-43(51-38(33)54)53-20-18-31(24-53)49-44(60)48-30-17-19-52(23-30)40(58)28-15-10-16-29(21-28)42(59)61-2;3-2(4,5)1(6)7/h4-16,21,25,30-32,34-36,41,55-56H,3,17-20,22-24H2,1-2H3,(H,45,57)(H,46,50,51)(H2,48,49,60);(H,6,7)/t30-,31-,34+,35-,36+,41-;/m1./s1. The van der Waals surface area contributed by atoms with E-state index in [4.69, 9.17) is 29.3 Å². The number of alkyl halides is 3. The average molecular weight is 961 g/mol. The number of carboxylic acids is 1. The molecule has 7 N–H and O–H groups in total. The van der Waals surface area contributed by atoms with E-state index in [1.165, 1.54) is 24.1 Å². The van der Waals surface area contributed by atoms with Gasteiger partial charge in [0.2, 0.25) is 5.95 Å². The van der Waals surface area contributed by atoms with E-state index in [9.17, 15) is 42.6 Å². The van der Waals surface area contributed by atoms with E-state index in [0.29, 0.717) is 80.6 Å². The van der Waals surface area contributed by atoms with Crippen molar-refractivity contribution >= 4 is 52.7 Å². The van der Waals surface area contributed by atoms with E-state index in [2.05, 4.69) is 50.5 Å². The minimum atomic E-state index is -5.08. The fourth-order valence-corrected chi connectivity index (χ4v) is 8.35. The molecule has 0 saturated carbocycles. The Kier molecular flexibility index (Phi) is 15.6. The number of aliphatic hydroxyl groups excluding tert-OH is 2. The number of halogens is 3. The number of ether oxygens (including phenoxy) is 2. The van der Waals surface area contributed by atoms with Crippen LogP contribution in [0.25, 0.3) is 11.2 Å². The Morgan fingerprint density at radius 3 is 2.10 bits per heavy atom. The van der Waals surface area contributed by atoms with E-state index in [0.717, 1.165) is 11.1 Å². The molecule has 0 bridgehead atoms. The third kappa shape index (κ3) is 11.7. The van der Waals surface area contributed by atoms with Crippen LogP contribution in [-0.4, -0.2) is 152 Å². The van der Waals surface area contributed by atoms with Crippen LogP contribution in [0.5, 0.6) is 0 Å². The number of nitrogens with one attached hydrogen (secondary N) is 4. The van der Waals surface area contributed by atoms with Gasteiger partial charge in [0.25, 0.3) is 11.8 Å². The number of hydrogen-bond acceptors (Lipinski definition) is 14. The number of nitrogens with zero attached hydrogens (tertiary/aromatic N) is 6. The number of fused-ring (bicyclic) bond motifs is 1. The molecule has 0 spiro atoms. The van der Waals surface area contributed by atoms with Gasteiger partial charge < -0.3 is 55.9 Å². The first-order chi connectivity index (χ1) is 33.1. The maximum absolute atomic E-state index is 13.3. The number of likely N-dealkylation sites (tertiary alicyclic amines) is 1. The van der Waals surface area contributed by atoms with Crippen molar-refractivity contribution in [1.29, 1.82) is 0 Å². The van der Waals surface area contributed by atoms with Crippen LogP contribution in [0, 0.1) is 0 Å². The average Bonchev–Trinajstić information content (AvgIpc) is 4.17. The molecule has 366 valence electrons. The highest BCUT2D eigenvalue weighted by Gasteiger charge is 2.48. The van der Waals surface area contributed by atoms with Gasteiger partial charge in [0.1, 0.15) is 12.2 Å². The second-order valence-electron chi connectivity index (χ2n) is 16.4. The number of imidazole rings is 1. The van der Waals surface area contributed by atoms with E-state index < -0.39 is 48.6 Å². The van der Waals surface area contributed by atoms with Crippen molar-refractivity contribution < 1.29 is 61.9 Å². The molecule has 0 unspecified atom stereocenters. The molecule has 6 atom stereocenters. The monoisotopic (exact) mass is 960 g/mol. The lowest BCUT2D eigenvalue weighted by atomic mass is 9.91. The Morgan fingerprint density at radius 1 is 0.855 bits per heavy atom. The fourth-order valence-electron chi connectivity index (χ4n) is 8.35. The SMILES string of the molecule is CCNC(=O)[C@H]1O[C@@H](n2cnc3c(NCC(c4ccccc4)c4ccccc4)nc(N4CC[C@@H](NC(=O)N[C@@H]5CCN(C(=O)c6cccc(C(=O)OC)c6)C5)C4)nc32)[C@H](O)[C@@H]1O.O=C(O)C(F)(F)F. The maximum Gasteiger partial charge on any atom is 0.490 e. The number of carboxylic acid groups (broad SMARTS) is 1. The highest BCUT2D eigenvalue weighted by molar-refractivity contribution is 5.98. The van der Waals surface area contributed by atoms with E-state index in [-0.39, 0.29) is 35.5 Å². The Labute approximate surface area is 392 Å². The van der Waals surface area contributed by atoms with Gasteiger partial charge in [-0.05, 0) is 49.1 Å². The first kappa shape index (κ1) is 49.5. The molecule has 3 aliphatic heterocycles. The number of carbonyl (C=O) groups is 5. The summed E-state index contributed by atoms with van der Waals surface area (Å²) in [5.74, 6) is -3.34. The van der Waals surface area contributed by atoms with Gasteiger partial charge in [-0.15, -0.1) is 0 Å². The summed E-state index contributed by atoms with van der Waals surface area (Å²) in [6.07, 6.45) is -7.90. The van der Waals surface area contributed by atoms with Crippen LogP contribution in [-0.2, 0) is 19.1 Å². The Morgan fingerprint density at radius 2 is 1.48 bits per heavy atom. The van der Waals surface area contributed by atoms with E-state index in [1.807, 2.05) is 41.3 Å². The summed E-state index contributed by atoms with van der Waals surface area (Å²) in [5.41, 5.74) is 3.56. The molecular formula is C46H51F3N10O10. The summed E-state index contributed by atoms with van der Waals surface area (Å²) >= 11 is 0. The number of aliphatic carboxylic acids is 1. The Bertz CT molecular complexity index is 2590. The molecule has 3 aliphatic rings. The van der Waals surface area contributed by atoms with Crippen molar-refractivity contribution in [3.05, 3.63) is 114 Å². The molecule has 5 heterocycles. The molecular weight excluding hydrogens is 910 g/mol. The lowest BCUT2D eigenvalue weighted by molar-refractivity contribution is -0.192. The molecule has 23 heteroatoms. The number of hydrogen-bond donors (Lipinski definition) is 7. The number of rotatable bonds is 13. The van der Waals surface area contributed by atoms with Crippen LogP contribution in [0.15, 0.2) is 91.3 Å². The topological polar surface area (TPSA) is 263 Å². The van der Waals surface area contributed by atoms with Crippen LogP contribution in [0.2, 0.25) is 0 Å². The number of esters is 1. The molecule has 3 saturated heterocycles. The number of methoxy groups -OCH3 is 1. The molecule has 69 heavy (non-hydrogen) atoms. The summed E-state index contributed by atoms with van der Waals surface area (Å²) in [4.78, 5) is 78.3. The van der Waals surface area contributed by atoms with Crippen LogP contribution < -0.4 is 26.2 Å². The number of aliphatic hydroxyl groups is 2. The predicted octanol–water partition coefficient (Wildman–Crippen LogP) is 3.04. The number of carbonyl (C=O) groups excluding carboxylic acids is 4. The number of anilines is 2. The molecule has 20 nitrogen and oxygen atoms in total. The van der Waals surface area contributed by atoms with Crippen molar-refractivity contribution in [2.45, 2.75) is 68.5 Å². The van der Waals surface area contributed by atoms with Gasteiger partial charge in [-0.3, -0.25) is 14.2 Å². The van der Waals surface area contributed by atoms with Crippen molar-refractivity contribution in [3.8, 4) is 0 Å². The quantitative estimate of drug-likeness (QED) is 0.0837. The minimum Gasteiger partial charge on any atom is -0.475 e. The normalized spacial score (nSPS) is 21.1. The molecule has 4 amide bonds.